The molecule has 0 aliphatic carbocycles. The smallest absolute Gasteiger partial charge is 0.123 e. The topological polar surface area (TPSA) is 35.2 Å². The zero-order valence-electron chi connectivity index (χ0n) is 10.4. The number of nitrogens with two attached hydrogens (primary N) is 1. The van der Waals surface area contributed by atoms with Crippen molar-refractivity contribution >= 4 is 11.6 Å². The molecule has 100 valence electrons. The van der Waals surface area contributed by atoms with Crippen molar-refractivity contribution in [3.05, 3.63) is 34.6 Å². The normalized spacial score (nSPS) is 21.8. The molecule has 0 saturated carbocycles. The Morgan fingerprint density at radius 1 is 1.44 bits per heavy atom. The van der Waals surface area contributed by atoms with E-state index in [1.807, 2.05) is 0 Å². The van der Waals surface area contributed by atoms with E-state index in [9.17, 15) is 4.39 Å². The highest BCUT2D eigenvalue weighted by Crippen LogP contribution is 2.27. The molecule has 1 fully saturated rings. The predicted molar refractivity (Wildman–Crippen MR) is 71.2 cm³/mol. The SMILES string of the molecule is NC(CCC1CCCCO1)c1cc(F)ccc1Cl. The third kappa shape index (κ3) is 3.67. The second-order valence-corrected chi connectivity index (χ2v) is 5.25. The number of benzene rings is 1. The molecule has 0 aromatic heterocycles. The van der Waals surface area contributed by atoms with Gasteiger partial charge in [-0.2, -0.15) is 0 Å². The molecule has 0 bridgehead atoms. The Hall–Kier alpha value is -0.640. The summed E-state index contributed by atoms with van der Waals surface area (Å²) in [6.07, 6.45) is 5.46. The van der Waals surface area contributed by atoms with Crippen LogP contribution in [0.5, 0.6) is 0 Å². The average Bonchev–Trinajstić information content (AvgIpc) is 2.40. The van der Waals surface area contributed by atoms with Crippen LogP contribution in [0.15, 0.2) is 18.2 Å². The maximum atomic E-state index is 13.2. The van der Waals surface area contributed by atoms with Gasteiger partial charge in [-0.3, -0.25) is 0 Å². The highest BCUT2D eigenvalue weighted by molar-refractivity contribution is 6.31. The van der Waals surface area contributed by atoms with Gasteiger partial charge in [-0.25, -0.2) is 4.39 Å². The van der Waals surface area contributed by atoms with Crippen LogP contribution in [-0.4, -0.2) is 12.7 Å². The number of hydrogen-bond donors (Lipinski definition) is 1. The Labute approximate surface area is 112 Å². The van der Waals surface area contributed by atoms with Gasteiger partial charge in [-0.1, -0.05) is 11.6 Å². The summed E-state index contributed by atoms with van der Waals surface area (Å²) < 4.78 is 18.8. The zero-order chi connectivity index (χ0) is 13.0. The number of hydrogen-bond acceptors (Lipinski definition) is 2. The third-order valence-corrected chi connectivity index (χ3v) is 3.78. The van der Waals surface area contributed by atoms with Crippen LogP contribution in [-0.2, 0) is 4.74 Å². The van der Waals surface area contributed by atoms with Crippen LogP contribution < -0.4 is 5.73 Å². The predicted octanol–water partition coefficient (Wildman–Crippen LogP) is 3.83. The van der Waals surface area contributed by atoms with Crippen LogP contribution >= 0.6 is 11.6 Å². The molecule has 2 nitrogen and oxygen atoms in total. The Bertz CT molecular complexity index is 393. The lowest BCUT2D eigenvalue weighted by molar-refractivity contribution is 0.00912. The lowest BCUT2D eigenvalue weighted by Gasteiger charge is -2.24. The number of ether oxygens (including phenoxy) is 1. The van der Waals surface area contributed by atoms with Gasteiger partial charge in [0.25, 0.3) is 0 Å². The minimum atomic E-state index is -0.293. The zero-order valence-corrected chi connectivity index (χ0v) is 11.1. The van der Waals surface area contributed by atoms with Gasteiger partial charge in [-0.05, 0) is 55.9 Å². The molecule has 1 aliphatic rings. The summed E-state index contributed by atoms with van der Waals surface area (Å²) in [7, 11) is 0. The molecule has 0 spiro atoms. The monoisotopic (exact) mass is 271 g/mol. The molecule has 1 aliphatic heterocycles. The first-order chi connectivity index (χ1) is 8.66. The Morgan fingerprint density at radius 3 is 3.00 bits per heavy atom. The van der Waals surface area contributed by atoms with Crippen LogP contribution in [0.1, 0.15) is 43.7 Å². The highest BCUT2D eigenvalue weighted by Gasteiger charge is 2.17. The fourth-order valence-electron chi connectivity index (χ4n) is 2.35. The van der Waals surface area contributed by atoms with E-state index in [2.05, 4.69) is 0 Å². The molecule has 18 heavy (non-hydrogen) atoms. The van der Waals surface area contributed by atoms with E-state index in [1.54, 1.807) is 6.07 Å². The molecule has 2 N–H and O–H groups in total. The highest BCUT2D eigenvalue weighted by atomic mass is 35.5. The lowest BCUT2D eigenvalue weighted by Crippen LogP contribution is -2.21. The van der Waals surface area contributed by atoms with Gasteiger partial charge in [0.15, 0.2) is 0 Å². The fraction of sp³-hybridized carbons (Fsp3) is 0.571. The van der Waals surface area contributed by atoms with Crippen LogP contribution in [0.2, 0.25) is 5.02 Å². The first-order valence-corrected chi connectivity index (χ1v) is 6.87. The van der Waals surface area contributed by atoms with Crippen molar-refractivity contribution in [1.82, 2.24) is 0 Å². The Balaban J connectivity index is 1.90. The van der Waals surface area contributed by atoms with Crippen molar-refractivity contribution in [1.29, 1.82) is 0 Å². The van der Waals surface area contributed by atoms with Crippen LogP contribution in [0.4, 0.5) is 4.39 Å². The third-order valence-electron chi connectivity index (χ3n) is 3.43. The van der Waals surface area contributed by atoms with Crippen molar-refractivity contribution in [2.45, 2.75) is 44.2 Å². The summed E-state index contributed by atoms with van der Waals surface area (Å²) in [6, 6.07) is 4.11. The van der Waals surface area contributed by atoms with E-state index in [0.717, 1.165) is 32.3 Å². The van der Waals surface area contributed by atoms with Gasteiger partial charge in [0.2, 0.25) is 0 Å². The molecule has 0 amide bonds. The number of rotatable bonds is 4. The van der Waals surface area contributed by atoms with E-state index >= 15 is 0 Å². The van der Waals surface area contributed by atoms with Crippen molar-refractivity contribution < 1.29 is 9.13 Å². The number of halogens is 2. The maximum Gasteiger partial charge on any atom is 0.123 e. The molecular formula is C14H19ClFNO. The van der Waals surface area contributed by atoms with Crippen LogP contribution in [0.25, 0.3) is 0 Å². The van der Waals surface area contributed by atoms with Gasteiger partial charge >= 0.3 is 0 Å². The summed E-state index contributed by atoms with van der Waals surface area (Å²) in [5, 5.41) is 0.536. The summed E-state index contributed by atoms with van der Waals surface area (Å²) in [5.41, 5.74) is 6.76. The standard InChI is InChI=1S/C14H19ClFNO/c15-13-6-4-10(16)9-12(13)14(17)7-5-11-3-1-2-8-18-11/h4,6,9,11,14H,1-3,5,7-8,17H2. The molecule has 2 unspecified atom stereocenters. The Morgan fingerprint density at radius 2 is 2.28 bits per heavy atom. The van der Waals surface area contributed by atoms with Crippen molar-refractivity contribution in [2.24, 2.45) is 5.73 Å². The molecule has 2 atom stereocenters. The van der Waals surface area contributed by atoms with Crippen molar-refractivity contribution in [3.8, 4) is 0 Å². The van der Waals surface area contributed by atoms with Gasteiger partial charge in [0, 0.05) is 17.7 Å². The first kappa shape index (κ1) is 13.8. The van der Waals surface area contributed by atoms with E-state index in [4.69, 9.17) is 22.1 Å². The minimum Gasteiger partial charge on any atom is -0.378 e. The van der Waals surface area contributed by atoms with Gasteiger partial charge in [0.05, 0.1) is 6.10 Å². The average molecular weight is 272 g/mol. The van der Waals surface area contributed by atoms with Gasteiger partial charge < -0.3 is 10.5 Å². The summed E-state index contributed by atoms with van der Waals surface area (Å²) in [6.45, 7) is 0.848. The van der Waals surface area contributed by atoms with E-state index < -0.39 is 0 Å². The van der Waals surface area contributed by atoms with E-state index in [1.165, 1.54) is 18.6 Å². The van der Waals surface area contributed by atoms with Gasteiger partial charge in [-0.15, -0.1) is 0 Å². The van der Waals surface area contributed by atoms with Crippen LogP contribution in [0.3, 0.4) is 0 Å². The molecule has 0 radical (unpaired) electrons. The second kappa shape index (κ2) is 6.50. The van der Waals surface area contributed by atoms with Crippen molar-refractivity contribution in [2.75, 3.05) is 6.61 Å². The molecule has 2 rings (SSSR count). The van der Waals surface area contributed by atoms with E-state index in [0.29, 0.717) is 16.7 Å². The second-order valence-electron chi connectivity index (χ2n) is 4.84. The fourth-order valence-corrected chi connectivity index (χ4v) is 2.61. The molecule has 1 aromatic carbocycles. The Kier molecular flexibility index (Phi) is 4.98. The van der Waals surface area contributed by atoms with Crippen LogP contribution in [0, 0.1) is 5.82 Å². The summed E-state index contributed by atoms with van der Waals surface area (Å²) in [4.78, 5) is 0. The molecule has 1 aromatic rings. The largest absolute Gasteiger partial charge is 0.378 e. The summed E-state index contributed by atoms with van der Waals surface area (Å²) in [5.74, 6) is -0.293. The molecular weight excluding hydrogens is 253 g/mol. The summed E-state index contributed by atoms with van der Waals surface area (Å²) >= 11 is 6.03. The quantitative estimate of drug-likeness (QED) is 0.903. The first-order valence-electron chi connectivity index (χ1n) is 6.49. The molecule has 1 heterocycles. The van der Waals surface area contributed by atoms with Gasteiger partial charge in [0.1, 0.15) is 5.82 Å². The van der Waals surface area contributed by atoms with E-state index in [-0.39, 0.29) is 11.9 Å². The molecule has 1 saturated heterocycles. The van der Waals surface area contributed by atoms with Crippen molar-refractivity contribution in [3.63, 3.8) is 0 Å². The lowest BCUT2D eigenvalue weighted by atomic mass is 9.98. The minimum absolute atomic E-state index is 0.223. The maximum absolute atomic E-state index is 13.2. The molecule has 4 heteroatoms.